The smallest absolute Gasteiger partial charge is 0.396 e. The third-order valence-corrected chi connectivity index (χ3v) is 3.43. The van der Waals surface area contributed by atoms with Gasteiger partial charge in [0.1, 0.15) is 0 Å². The fourth-order valence-corrected chi connectivity index (χ4v) is 2.39. The number of carbonyl (C=O) groups is 1. The van der Waals surface area contributed by atoms with Crippen molar-refractivity contribution in [2.45, 2.75) is 18.6 Å². The Morgan fingerprint density at radius 2 is 2.05 bits per heavy atom. The minimum Gasteiger partial charge on any atom is -0.396 e. The van der Waals surface area contributed by atoms with E-state index in [-0.39, 0.29) is 29.2 Å². The van der Waals surface area contributed by atoms with Gasteiger partial charge in [0.25, 0.3) is 5.91 Å². The molecule has 0 fully saturated rings. The molecular weight excluding hydrogens is 307 g/mol. The number of hydrogen-bond acceptors (Lipinski definition) is 2. The Bertz CT molecular complexity index is 572. The molecule has 114 valence electrons. The number of carbonyl (C=O) groups excluding carboxylic acids is 1. The summed E-state index contributed by atoms with van der Waals surface area (Å²) in [4.78, 5) is 12.0. The van der Waals surface area contributed by atoms with Gasteiger partial charge in [0.15, 0.2) is 0 Å². The minimum atomic E-state index is -4.56. The minimum absolute atomic E-state index is 0.0295. The number of rotatable bonds is 3. The molecule has 1 aliphatic rings. The van der Waals surface area contributed by atoms with E-state index >= 15 is 0 Å². The highest BCUT2D eigenvalue weighted by atomic mass is 35.5. The zero-order valence-electron chi connectivity index (χ0n) is 10.8. The van der Waals surface area contributed by atoms with Crippen LogP contribution in [0.5, 0.6) is 0 Å². The molecule has 0 saturated carbocycles. The second-order valence-corrected chi connectivity index (χ2v) is 5.31. The van der Waals surface area contributed by atoms with Crippen LogP contribution >= 0.6 is 11.6 Å². The van der Waals surface area contributed by atoms with Crippen LogP contribution in [0.3, 0.4) is 0 Å². The van der Waals surface area contributed by atoms with Gasteiger partial charge >= 0.3 is 6.18 Å². The second kappa shape index (κ2) is 6.07. The number of benzene rings is 1. The van der Waals surface area contributed by atoms with E-state index in [0.717, 1.165) is 12.1 Å². The van der Waals surface area contributed by atoms with Crippen molar-refractivity contribution in [2.75, 3.05) is 6.61 Å². The van der Waals surface area contributed by atoms with Gasteiger partial charge in [0.2, 0.25) is 0 Å². The number of nitrogens with one attached hydrogen (secondary N) is 1. The predicted octanol–water partition coefficient (Wildman–Crippen LogP) is 3.03. The van der Waals surface area contributed by atoms with Crippen molar-refractivity contribution in [1.82, 2.24) is 5.32 Å². The van der Waals surface area contributed by atoms with E-state index in [1.54, 1.807) is 12.2 Å². The standard InChI is InChI=1S/C14H13ClF3NO2/c15-11-5-9(4-10(6-11)14(16,17)18)13(21)19-12-2-1-8(3-12)7-20/h1-2,4-6,8,12,20H,3,7H2,(H,19,21)/t8-,12+/m0/s1. The lowest BCUT2D eigenvalue weighted by atomic mass is 10.1. The molecule has 1 aromatic carbocycles. The first-order valence-corrected chi connectivity index (χ1v) is 6.65. The van der Waals surface area contributed by atoms with Crippen molar-refractivity contribution in [2.24, 2.45) is 5.92 Å². The highest BCUT2D eigenvalue weighted by Crippen LogP contribution is 2.32. The fourth-order valence-electron chi connectivity index (χ4n) is 2.15. The molecular formula is C14H13ClF3NO2. The lowest BCUT2D eigenvalue weighted by Gasteiger charge is -2.14. The topological polar surface area (TPSA) is 49.3 Å². The molecule has 0 unspecified atom stereocenters. The maximum atomic E-state index is 12.7. The van der Waals surface area contributed by atoms with Crippen molar-refractivity contribution in [3.8, 4) is 0 Å². The lowest BCUT2D eigenvalue weighted by Crippen LogP contribution is -2.33. The second-order valence-electron chi connectivity index (χ2n) is 4.87. The van der Waals surface area contributed by atoms with Crippen LogP contribution < -0.4 is 5.32 Å². The van der Waals surface area contributed by atoms with Gasteiger partial charge < -0.3 is 10.4 Å². The van der Waals surface area contributed by atoms with Crippen LogP contribution in [-0.2, 0) is 6.18 Å². The average molecular weight is 320 g/mol. The monoisotopic (exact) mass is 319 g/mol. The van der Waals surface area contributed by atoms with Gasteiger partial charge in [-0.05, 0) is 24.6 Å². The SMILES string of the molecule is O=C(N[C@@H]1C=C[C@H](CO)C1)c1cc(Cl)cc(C(F)(F)F)c1. The Kier molecular flexibility index (Phi) is 4.58. The molecule has 2 atom stereocenters. The Hall–Kier alpha value is -1.53. The molecule has 2 rings (SSSR count). The zero-order chi connectivity index (χ0) is 15.6. The first kappa shape index (κ1) is 15.9. The van der Waals surface area contributed by atoms with E-state index < -0.39 is 17.6 Å². The highest BCUT2D eigenvalue weighted by molar-refractivity contribution is 6.31. The maximum absolute atomic E-state index is 12.7. The number of amides is 1. The van der Waals surface area contributed by atoms with Gasteiger partial charge in [-0.15, -0.1) is 0 Å². The zero-order valence-corrected chi connectivity index (χ0v) is 11.6. The summed E-state index contributed by atoms with van der Waals surface area (Å²) in [5.74, 6) is -0.670. The van der Waals surface area contributed by atoms with Crippen molar-refractivity contribution in [3.63, 3.8) is 0 Å². The summed E-state index contributed by atoms with van der Waals surface area (Å²) in [6.07, 6.45) is -0.553. The van der Waals surface area contributed by atoms with Crippen LogP contribution in [0.15, 0.2) is 30.4 Å². The normalized spacial score (nSPS) is 21.6. The summed E-state index contributed by atoms with van der Waals surface area (Å²) in [7, 11) is 0. The predicted molar refractivity (Wildman–Crippen MR) is 72.0 cm³/mol. The van der Waals surface area contributed by atoms with Crippen molar-refractivity contribution in [1.29, 1.82) is 0 Å². The molecule has 2 N–H and O–H groups in total. The van der Waals surface area contributed by atoms with Crippen LogP contribution in [-0.4, -0.2) is 23.7 Å². The number of aliphatic hydroxyl groups is 1. The van der Waals surface area contributed by atoms with E-state index in [0.29, 0.717) is 6.42 Å². The lowest BCUT2D eigenvalue weighted by molar-refractivity contribution is -0.137. The quantitative estimate of drug-likeness (QED) is 0.841. The van der Waals surface area contributed by atoms with Crippen molar-refractivity contribution < 1.29 is 23.1 Å². The van der Waals surface area contributed by atoms with E-state index in [1.807, 2.05) is 0 Å². The van der Waals surface area contributed by atoms with Gasteiger partial charge in [0, 0.05) is 29.2 Å². The van der Waals surface area contributed by atoms with Crippen LogP contribution in [0.1, 0.15) is 22.3 Å². The number of aliphatic hydroxyl groups excluding tert-OH is 1. The number of halogens is 4. The van der Waals surface area contributed by atoms with Gasteiger partial charge in [-0.2, -0.15) is 13.2 Å². The van der Waals surface area contributed by atoms with Crippen LogP contribution in [0, 0.1) is 5.92 Å². The molecule has 0 heterocycles. The molecule has 0 bridgehead atoms. The summed E-state index contributed by atoms with van der Waals surface area (Å²) in [5, 5.41) is 11.4. The first-order valence-electron chi connectivity index (χ1n) is 6.27. The van der Waals surface area contributed by atoms with E-state index in [1.165, 1.54) is 6.07 Å². The van der Waals surface area contributed by atoms with Crippen LogP contribution in [0.4, 0.5) is 13.2 Å². The van der Waals surface area contributed by atoms with Gasteiger partial charge in [0.05, 0.1) is 5.56 Å². The fraction of sp³-hybridized carbons (Fsp3) is 0.357. The molecule has 3 nitrogen and oxygen atoms in total. The van der Waals surface area contributed by atoms with E-state index in [2.05, 4.69) is 5.32 Å². The van der Waals surface area contributed by atoms with E-state index in [9.17, 15) is 18.0 Å². The molecule has 0 saturated heterocycles. The molecule has 7 heteroatoms. The van der Waals surface area contributed by atoms with Gasteiger partial charge in [-0.3, -0.25) is 4.79 Å². The van der Waals surface area contributed by atoms with Crippen LogP contribution in [0.2, 0.25) is 5.02 Å². The summed E-state index contributed by atoms with van der Waals surface area (Å²) in [5.41, 5.74) is -1.11. The highest BCUT2D eigenvalue weighted by Gasteiger charge is 2.32. The van der Waals surface area contributed by atoms with Crippen molar-refractivity contribution in [3.05, 3.63) is 46.5 Å². The third kappa shape index (κ3) is 3.98. The van der Waals surface area contributed by atoms with Crippen molar-refractivity contribution >= 4 is 17.5 Å². The largest absolute Gasteiger partial charge is 0.416 e. The Morgan fingerprint density at radius 1 is 1.33 bits per heavy atom. The molecule has 21 heavy (non-hydrogen) atoms. The average Bonchev–Trinajstić information content (AvgIpc) is 2.84. The van der Waals surface area contributed by atoms with Gasteiger partial charge in [-0.1, -0.05) is 23.8 Å². The molecule has 0 radical (unpaired) electrons. The molecule has 1 amide bonds. The number of alkyl halides is 3. The van der Waals surface area contributed by atoms with Gasteiger partial charge in [-0.25, -0.2) is 0 Å². The Labute approximate surface area is 124 Å². The Balaban J connectivity index is 2.13. The van der Waals surface area contributed by atoms with Crippen LogP contribution in [0.25, 0.3) is 0 Å². The first-order chi connectivity index (χ1) is 9.79. The maximum Gasteiger partial charge on any atom is 0.416 e. The molecule has 1 aromatic rings. The summed E-state index contributed by atoms with van der Waals surface area (Å²) >= 11 is 5.64. The molecule has 0 aromatic heterocycles. The summed E-state index contributed by atoms with van der Waals surface area (Å²) < 4.78 is 38.1. The molecule has 0 spiro atoms. The molecule has 0 aliphatic heterocycles. The Morgan fingerprint density at radius 3 is 2.62 bits per heavy atom. The molecule has 1 aliphatic carbocycles. The summed E-state index contributed by atoms with van der Waals surface area (Å²) in [6.45, 7) is -0.0295. The van der Waals surface area contributed by atoms with E-state index in [4.69, 9.17) is 16.7 Å². The number of hydrogen-bond donors (Lipinski definition) is 2. The third-order valence-electron chi connectivity index (χ3n) is 3.21. The summed E-state index contributed by atoms with van der Waals surface area (Å²) in [6, 6.07) is 2.43.